The summed E-state index contributed by atoms with van der Waals surface area (Å²) >= 11 is 0. The summed E-state index contributed by atoms with van der Waals surface area (Å²) in [5.74, 6) is 0.625. The predicted molar refractivity (Wildman–Crippen MR) is 101 cm³/mol. The number of hydrogen-bond acceptors (Lipinski definition) is 4. The van der Waals surface area contributed by atoms with Crippen LogP contribution < -0.4 is 10.2 Å². The lowest BCUT2D eigenvalue weighted by molar-refractivity contribution is 0.0949. The van der Waals surface area contributed by atoms with Gasteiger partial charge in [-0.3, -0.25) is 4.79 Å². The van der Waals surface area contributed by atoms with Crippen LogP contribution in [0.25, 0.3) is 0 Å². The minimum Gasteiger partial charge on any atom is -0.350 e. The van der Waals surface area contributed by atoms with E-state index < -0.39 is 0 Å². The van der Waals surface area contributed by atoms with Gasteiger partial charge in [0.2, 0.25) is 5.95 Å². The van der Waals surface area contributed by atoms with Gasteiger partial charge in [-0.1, -0.05) is 24.5 Å². The molecular weight excluding hydrogens is 312 g/mol. The summed E-state index contributed by atoms with van der Waals surface area (Å²) in [6.45, 7) is 4.59. The average Bonchev–Trinajstić information content (AvgIpc) is 2.91. The van der Waals surface area contributed by atoms with E-state index in [1.54, 1.807) is 6.07 Å². The van der Waals surface area contributed by atoms with E-state index in [1.165, 1.54) is 56.9 Å². The van der Waals surface area contributed by atoms with Gasteiger partial charge in [-0.15, -0.1) is 0 Å². The van der Waals surface area contributed by atoms with E-state index in [0.29, 0.717) is 18.2 Å². The third-order valence-electron chi connectivity index (χ3n) is 5.08. The molecule has 0 atom stereocenters. The summed E-state index contributed by atoms with van der Waals surface area (Å²) in [5.41, 5.74) is 2.83. The van der Waals surface area contributed by atoms with Crippen LogP contribution in [0, 0.1) is 6.92 Å². The average molecular weight is 342 g/mol. The van der Waals surface area contributed by atoms with Crippen molar-refractivity contribution in [1.29, 1.82) is 0 Å². The Morgan fingerprint density at radius 2 is 1.92 bits per heavy atom. The zero-order valence-electron chi connectivity index (χ0n) is 15.4. The Kier molecular flexibility index (Phi) is 6.42. The molecule has 0 saturated carbocycles. The van der Waals surface area contributed by atoms with Gasteiger partial charge in [0.1, 0.15) is 5.69 Å². The molecule has 1 aliphatic carbocycles. The van der Waals surface area contributed by atoms with Crippen LogP contribution >= 0.6 is 0 Å². The SMILES string of the molecule is Cc1cc(C(=O)NCCC2=CCCCC2)nc(N2CCCCCC2)n1. The highest BCUT2D eigenvalue weighted by Gasteiger charge is 2.16. The molecule has 1 fully saturated rings. The van der Waals surface area contributed by atoms with Crippen LogP contribution in [0.3, 0.4) is 0 Å². The lowest BCUT2D eigenvalue weighted by Gasteiger charge is -2.21. The molecule has 1 aromatic rings. The zero-order chi connectivity index (χ0) is 17.5. The zero-order valence-corrected chi connectivity index (χ0v) is 15.4. The predicted octanol–water partition coefficient (Wildman–Crippen LogP) is 3.79. The van der Waals surface area contributed by atoms with E-state index >= 15 is 0 Å². The fourth-order valence-corrected chi connectivity index (χ4v) is 3.64. The summed E-state index contributed by atoms with van der Waals surface area (Å²) < 4.78 is 0. The molecule has 3 rings (SSSR count). The second kappa shape index (κ2) is 8.97. The number of aromatic nitrogens is 2. The first-order valence-corrected chi connectivity index (χ1v) is 9.79. The molecule has 5 nitrogen and oxygen atoms in total. The van der Waals surface area contributed by atoms with Crippen LogP contribution in [0.2, 0.25) is 0 Å². The Bertz CT molecular complexity index is 618. The molecular formula is C20H30N4O. The Morgan fingerprint density at radius 3 is 2.64 bits per heavy atom. The lowest BCUT2D eigenvalue weighted by atomic mass is 9.97. The van der Waals surface area contributed by atoms with Crippen LogP contribution in [-0.2, 0) is 0 Å². The maximum absolute atomic E-state index is 12.5. The van der Waals surface area contributed by atoms with Crippen molar-refractivity contribution in [2.24, 2.45) is 0 Å². The largest absolute Gasteiger partial charge is 0.350 e. The number of aryl methyl sites for hydroxylation is 1. The van der Waals surface area contributed by atoms with E-state index in [9.17, 15) is 4.79 Å². The normalized spacial score (nSPS) is 18.4. The van der Waals surface area contributed by atoms with Crippen molar-refractivity contribution in [2.75, 3.05) is 24.5 Å². The molecule has 0 aromatic carbocycles. The van der Waals surface area contributed by atoms with Crippen LogP contribution in [0.15, 0.2) is 17.7 Å². The van der Waals surface area contributed by atoms with Crippen LogP contribution in [-0.4, -0.2) is 35.5 Å². The number of anilines is 1. The maximum atomic E-state index is 12.5. The van der Waals surface area contributed by atoms with Gasteiger partial charge < -0.3 is 10.2 Å². The highest BCUT2D eigenvalue weighted by molar-refractivity contribution is 5.92. The summed E-state index contributed by atoms with van der Waals surface area (Å²) in [6.07, 6.45) is 13.1. The third kappa shape index (κ3) is 5.28. The minimum absolute atomic E-state index is 0.0852. The fraction of sp³-hybridized carbons (Fsp3) is 0.650. The lowest BCUT2D eigenvalue weighted by Crippen LogP contribution is -2.29. The molecule has 2 heterocycles. The maximum Gasteiger partial charge on any atom is 0.270 e. The molecule has 136 valence electrons. The number of carbonyl (C=O) groups excluding carboxylic acids is 1. The number of rotatable bonds is 5. The van der Waals surface area contributed by atoms with Gasteiger partial charge in [0.25, 0.3) is 5.91 Å². The highest BCUT2D eigenvalue weighted by atomic mass is 16.1. The van der Waals surface area contributed by atoms with E-state index in [0.717, 1.165) is 25.2 Å². The quantitative estimate of drug-likeness (QED) is 0.827. The van der Waals surface area contributed by atoms with Crippen molar-refractivity contribution < 1.29 is 4.79 Å². The molecule has 0 spiro atoms. The summed E-state index contributed by atoms with van der Waals surface area (Å²) in [4.78, 5) is 23.8. The van der Waals surface area contributed by atoms with E-state index in [1.807, 2.05) is 6.92 Å². The van der Waals surface area contributed by atoms with Crippen LogP contribution in [0.1, 0.15) is 74.0 Å². The Labute approximate surface area is 150 Å². The first-order valence-electron chi connectivity index (χ1n) is 9.79. The molecule has 1 amide bonds. The molecule has 0 unspecified atom stereocenters. The minimum atomic E-state index is -0.0852. The molecule has 0 radical (unpaired) electrons. The number of hydrogen-bond donors (Lipinski definition) is 1. The van der Waals surface area contributed by atoms with Crippen molar-refractivity contribution in [3.63, 3.8) is 0 Å². The first-order chi connectivity index (χ1) is 12.2. The molecule has 1 saturated heterocycles. The second-order valence-electron chi connectivity index (χ2n) is 7.21. The van der Waals surface area contributed by atoms with Gasteiger partial charge in [0, 0.05) is 25.3 Å². The van der Waals surface area contributed by atoms with Crippen molar-refractivity contribution in [2.45, 2.75) is 64.7 Å². The molecule has 1 aromatic heterocycles. The summed E-state index contributed by atoms with van der Waals surface area (Å²) in [5, 5.41) is 3.03. The van der Waals surface area contributed by atoms with Crippen LogP contribution in [0.5, 0.6) is 0 Å². The van der Waals surface area contributed by atoms with Gasteiger partial charge in [0.05, 0.1) is 0 Å². The second-order valence-corrected chi connectivity index (χ2v) is 7.21. The molecule has 2 aliphatic rings. The number of nitrogens with one attached hydrogen (secondary N) is 1. The van der Waals surface area contributed by atoms with Crippen molar-refractivity contribution in [3.05, 3.63) is 29.1 Å². The fourth-order valence-electron chi connectivity index (χ4n) is 3.64. The smallest absolute Gasteiger partial charge is 0.270 e. The Hall–Kier alpha value is -1.91. The molecule has 25 heavy (non-hydrogen) atoms. The van der Waals surface area contributed by atoms with E-state index in [-0.39, 0.29) is 5.91 Å². The Morgan fingerprint density at radius 1 is 1.12 bits per heavy atom. The standard InChI is InChI=1S/C20H30N4O/c1-16-15-18(19(25)21-12-11-17-9-5-4-6-10-17)23-20(22-16)24-13-7-2-3-8-14-24/h9,15H,2-8,10-14H2,1H3,(H,21,25). The summed E-state index contributed by atoms with van der Waals surface area (Å²) in [7, 11) is 0. The molecule has 1 N–H and O–H groups in total. The highest BCUT2D eigenvalue weighted by Crippen LogP contribution is 2.20. The van der Waals surface area contributed by atoms with Gasteiger partial charge in [-0.2, -0.15) is 0 Å². The van der Waals surface area contributed by atoms with Gasteiger partial charge in [-0.25, -0.2) is 9.97 Å². The van der Waals surface area contributed by atoms with Crippen LogP contribution in [0.4, 0.5) is 5.95 Å². The topological polar surface area (TPSA) is 58.1 Å². The van der Waals surface area contributed by atoms with E-state index in [4.69, 9.17) is 0 Å². The number of carbonyl (C=O) groups is 1. The van der Waals surface area contributed by atoms with Gasteiger partial charge >= 0.3 is 0 Å². The first kappa shape index (κ1) is 17.9. The molecule has 1 aliphatic heterocycles. The van der Waals surface area contributed by atoms with Gasteiger partial charge in [-0.05, 0) is 57.9 Å². The third-order valence-corrected chi connectivity index (χ3v) is 5.08. The van der Waals surface area contributed by atoms with Crippen molar-refractivity contribution in [1.82, 2.24) is 15.3 Å². The molecule has 0 bridgehead atoms. The monoisotopic (exact) mass is 342 g/mol. The van der Waals surface area contributed by atoms with Gasteiger partial charge in [0.15, 0.2) is 0 Å². The van der Waals surface area contributed by atoms with Crippen molar-refractivity contribution >= 4 is 11.9 Å². The number of amides is 1. The van der Waals surface area contributed by atoms with E-state index in [2.05, 4.69) is 26.3 Å². The Balaban J connectivity index is 1.60. The van der Waals surface area contributed by atoms with Crippen molar-refractivity contribution in [3.8, 4) is 0 Å². The summed E-state index contributed by atoms with van der Waals surface area (Å²) in [6, 6.07) is 1.79. The molecule has 5 heteroatoms. The number of nitrogens with zero attached hydrogens (tertiary/aromatic N) is 3. The number of allylic oxidation sites excluding steroid dienone is 1.